The molecule has 0 radical (unpaired) electrons. The first-order valence-electron chi connectivity index (χ1n) is 14.1. The number of likely N-dealkylation sites (N-methyl/N-ethyl adjacent to an activating group) is 1. The standard InChI is InChI=1S/C34H39N3O2/c1-3-35(4-2)23-29(38)26-39-30(24-36(27-15-7-5-8-16-27)28-17-9-6-10-18-28)25-37-33-21-13-11-19-31(33)32-20-12-14-22-34(32)37/h5-22,29-30,38H,3-4,23-26H2,1-2H3/p+1/t29-,30+/m0/s1. The molecule has 2 N–H and O–H groups in total. The van der Waals surface area contributed by atoms with Crippen molar-refractivity contribution < 1.29 is 14.7 Å². The van der Waals surface area contributed by atoms with Gasteiger partial charge in [0.25, 0.3) is 0 Å². The smallest absolute Gasteiger partial charge is 0.126 e. The Kier molecular flexibility index (Phi) is 8.94. The van der Waals surface area contributed by atoms with Gasteiger partial charge in [-0.15, -0.1) is 0 Å². The zero-order chi connectivity index (χ0) is 27.0. The van der Waals surface area contributed by atoms with Gasteiger partial charge in [-0.1, -0.05) is 72.8 Å². The van der Waals surface area contributed by atoms with Gasteiger partial charge < -0.3 is 24.2 Å². The van der Waals surface area contributed by atoms with Crippen LogP contribution in [0.1, 0.15) is 13.8 Å². The molecule has 0 fully saturated rings. The summed E-state index contributed by atoms with van der Waals surface area (Å²) < 4.78 is 8.99. The maximum Gasteiger partial charge on any atom is 0.126 e. The molecule has 1 aromatic heterocycles. The van der Waals surface area contributed by atoms with Crippen LogP contribution < -0.4 is 9.80 Å². The maximum absolute atomic E-state index is 10.9. The molecule has 5 aromatic rings. The van der Waals surface area contributed by atoms with E-state index in [1.165, 1.54) is 26.7 Å². The molecule has 0 saturated heterocycles. The minimum absolute atomic E-state index is 0.161. The molecule has 4 aromatic carbocycles. The minimum Gasteiger partial charge on any atom is -0.385 e. The van der Waals surface area contributed by atoms with Crippen molar-refractivity contribution >= 4 is 33.2 Å². The number of rotatable bonds is 13. The number of anilines is 2. The van der Waals surface area contributed by atoms with Crippen LogP contribution in [-0.2, 0) is 11.3 Å². The summed E-state index contributed by atoms with van der Waals surface area (Å²) >= 11 is 0. The number of aliphatic hydroxyl groups is 1. The molecular weight excluding hydrogens is 482 g/mol. The Hall–Kier alpha value is -3.64. The van der Waals surface area contributed by atoms with Gasteiger partial charge in [-0.05, 0) is 50.2 Å². The maximum atomic E-state index is 10.9. The summed E-state index contributed by atoms with van der Waals surface area (Å²) in [5.74, 6) is 0. The van der Waals surface area contributed by atoms with E-state index in [1.807, 2.05) is 12.1 Å². The number of para-hydroxylation sites is 4. The third kappa shape index (κ3) is 6.34. The largest absolute Gasteiger partial charge is 0.385 e. The molecule has 2 atom stereocenters. The number of nitrogens with zero attached hydrogens (tertiary/aromatic N) is 2. The Morgan fingerprint density at radius 2 is 1.21 bits per heavy atom. The van der Waals surface area contributed by atoms with Gasteiger partial charge in [0.1, 0.15) is 12.6 Å². The van der Waals surface area contributed by atoms with E-state index in [2.05, 4.69) is 120 Å². The van der Waals surface area contributed by atoms with Gasteiger partial charge in [-0.2, -0.15) is 0 Å². The van der Waals surface area contributed by atoms with Crippen molar-refractivity contribution in [1.29, 1.82) is 0 Å². The number of nitrogens with one attached hydrogen (secondary N) is 1. The summed E-state index contributed by atoms with van der Waals surface area (Å²) in [6, 6.07) is 38.1. The van der Waals surface area contributed by atoms with E-state index < -0.39 is 6.10 Å². The summed E-state index contributed by atoms with van der Waals surface area (Å²) in [4.78, 5) is 3.70. The van der Waals surface area contributed by atoms with Gasteiger partial charge in [0.2, 0.25) is 0 Å². The second-order valence-corrected chi connectivity index (χ2v) is 10.2. The van der Waals surface area contributed by atoms with Gasteiger partial charge >= 0.3 is 0 Å². The molecule has 0 unspecified atom stereocenters. The fourth-order valence-electron chi connectivity index (χ4n) is 5.52. The molecule has 5 nitrogen and oxygen atoms in total. The fourth-order valence-corrected chi connectivity index (χ4v) is 5.52. The van der Waals surface area contributed by atoms with Gasteiger partial charge in [-0.3, -0.25) is 0 Å². The number of fused-ring (bicyclic) bond motifs is 3. The van der Waals surface area contributed by atoms with Crippen molar-refractivity contribution in [3.63, 3.8) is 0 Å². The fraction of sp³-hybridized carbons (Fsp3) is 0.294. The molecule has 5 heteroatoms. The van der Waals surface area contributed by atoms with Crippen LogP contribution in [0.5, 0.6) is 0 Å². The van der Waals surface area contributed by atoms with Gasteiger partial charge in [-0.25, -0.2) is 0 Å². The Labute approximate surface area is 231 Å². The van der Waals surface area contributed by atoms with Gasteiger partial charge in [0.05, 0.1) is 38.9 Å². The molecule has 0 saturated carbocycles. The van der Waals surface area contributed by atoms with Crippen LogP contribution in [0.4, 0.5) is 11.4 Å². The van der Waals surface area contributed by atoms with Crippen LogP contribution in [0, 0.1) is 0 Å². The third-order valence-corrected chi connectivity index (χ3v) is 7.64. The van der Waals surface area contributed by atoms with Crippen molar-refractivity contribution in [2.24, 2.45) is 0 Å². The predicted octanol–water partition coefficient (Wildman–Crippen LogP) is 5.30. The van der Waals surface area contributed by atoms with Crippen molar-refractivity contribution in [2.75, 3.05) is 37.7 Å². The van der Waals surface area contributed by atoms with Crippen LogP contribution in [0.15, 0.2) is 109 Å². The third-order valence-electron chi connectivity index (χ3n) is 7.64. The van der Waals surface area contributed by atoms with Crippen molar-refractivity contribution in [2.45, 2.75) is 32.6 Å². The topological polar surface area (TPSA) is 42.1 Å². The second kappa shape index (κ2) is 12.9. The van der Waals surface area contributed by atoms with E-state index in [1.54, 1.807) is 0 Å². The zero-order valence-electron chi connectivity index (χ0n) is 23.0. The Bertz CT molecular complexity index is 1350. The number of hydrogen-bond acceptors (Lipinski definition) is 3. The molecule has 1 heterocycles. The highest BCUT2D eigenvalue weighted by atomic mass is 16.5. The molecule has 5 rings (SSSR count). The number of aromatic nitrogens is 1. The lowest BCUT2D eigenvalue weighted by atomic mass is 10.2. The first-order chi connectivity index (χ1) is 19.2. The minimum atomic E-state index is -0.512. The van der Waals surface area contributed by atoms with Gasteiger partial charge in [0, 0.05) is 33.2 Å². The summed E-state index contributed by atoms with van der Waals surface area (Å²) in [6.07, 6.45) is -0.673. The Morgan fingerprint density at radius 1 is 0.718 bits per heavy atom. The number of quaternary nitrogens is 1. The molecular formula is C34H40N3O2+. The van der Waals surface area contributed by atoms with Crippen molar-refractivity contribution in [3.8, 4) is 0 Å². The highest BCUT2D eigenvalue weighted by molar-refractivity contribution is 6.07. The summed E-state index contributed by atoms with van der Waals surface area (Å²) in [7, 11) is 0. The van der Waals surface area contributed by atoms with Crippen LogP contribution in [0.2, 0.25) is 0 Å². The summed E-state index contributed by atoms with van der Waals surface area (Å²) in [5, 5.41) is 13.4. The molecule has 0 aliphatic rings. The van der Waals surface area contributed by atoms with Crippen LogP contribution in [0.25, 0.3) is 21.8 Å². The van der Waals surface area contributed by atoms with Gasteiger partial charge in [0.15, 0.2) is 0 Å². The number of aliphatic hydroxyl groups excluding tert-OH is 1. The monoisotopic (exact) mass is 522 g/mol. The van der Waals surface area contributed by atoms with E-state index >= 15 is 0 Å². The molecule has 0 bridgehead atoms. The lowest BCUT2D eigenvalue weighted by molar-refractivity contribution is -0.899. The quantitative estimate of drug-likeness (QED) is 0.220. The normalized spacial score (nSPS) is 13.2. The summed E-state index contributed by atoms with van der Waals surface area (Å²) in [6.45, 7) is 8.64. The Morgan fingerprint density at radius 3 is 1.72 bits per heavy atom. The van der Waals surface area contributed by atoms with Crippen LogP contribution >= 0.6 is 0 Å². The SMILES string of the molecule is CC[NH+](CC)C[C@H](O)CO[C@H](CN(c1ccccc1)c1ccccc1)Cn1c2ccccc2c2ccccc21. The average Bonchev–Trinajstić information content (AvgIpc) is 3.31. The van der Waals surface area contributed by atoms with E-state index in [9.17, 15) is 5.11 Å². The zero-order valence-corrected chi connectivity index (χ0v) is 23.0. The molecule has 0 amide bonds. The first kappa shape index (κ1) is 26.9. The molecule has 39 heavy (non-hydrogen) atoms. The van der Waals surface area contributed by atoms with E-state index in [4.69, 9.17) is 4.74 Å². The highest BCUT2D eigenvalue weighted by Crippen LogP contribution is 2.30. The van der Waals surface area contributed by atoms with Crippen LogP contribution in [-0.4, -0.2) is 54.7 Å². The molecule has 202 valence electrons. The van der Waals surface area contributed by atoms with Crippen LogP contribution in [0.3, 0.4) is 0 Å². The van der Waals surface area contributed by atoms with E-state index in [0.717, 1.165) is 24.5 Å². The van der Waals surface area contributed by atoms with E-state index in [0.29, 0.717) is 26.2 Å². The number of ether oxygens (including phenoxy) is 1. The highest BCUT2D eigenvalue weighted by Gasteiger charge is 2.22. The number of hydrogen-bond donors (Lipinski definition) is 2. The molecule has 0 aliphatic carbocycles. The summed E-state index contributed by atoms with van der Waals surface area (Å²) in [5.41, 5.74) is 4.64. The number of benzene rings is 4. The van der Waals surface area contributed by atoms with E-state index in [-0.39, 0.29) is 6.10 Å². The first-order valence-corrected chi connectivity index (χ1v) is 14.1. The lowest BCUT2D eigenvalue weighted by Gasteiger charge is -2.31. The molecule has 0 spiro atoms. The molecule has 0 aliphatic heterocycles. The predicted molar refractivity (Wildman–Crippen MR) is 162 cm³/mol. The lowest BCUT2D eigenvalue weighted by Crippen LogP contribution is -3.12. The average molecular weight is 523 g/mol. The second-order valence-electron chi connectivity index (χ2n) is 10.2. The van der Waals surface area contributed by atoms with Crippen molar-refractivity contribution in [1.82, 2.24) is 4.57 Å². The van der Waals surface area contributed by atoms with Crippen molar-refractivity contribution in [3.05, 3.63) is 109 Å². The Balaban J connectivity index is 1.49.